The maximum atomic E-state index is 12.7. The zero-order valence-corrected chi connectivity index (χ0v) is 14.8. The van der Waals surface area contributed by atoms with Crippen LogP contribution in [0.4, 0.5) is 17.1 Å². The summed E-state index contributed by atoms with van der Waals surface area (Å²) in [5.41, 5.74) is 5.25. The highest BCUT2D eigenvalue weighted by Gasteiger charge is 2.28. The molecule has 4 rings (SSSR count). The first-order valence-corrected chi connectivity index (χ1v) is 8.64. The van der Waals surface area contributed by atoms with E-state index in [2.05, 4.69) is 5.32 Å². The fourth-order valence-corrected chi connectivity index (χ4v) is 3.26. The Hall–Kier alpha value is -3.60. The summed E-state index contributed by atoms with van der Waals surface area (Å²) in [6.45, 7) is 2.43. The molecule has 5 nitrogen and oxygen atoms in total. The second-order valence-electron chi connectivity index (χ2n) is 6.56. The molecule has 3 aromatic carbocycles. The van der Waals surface area contributed by atoms with E-state index in [1.54, 1.807) is 23.1 Å². The van der Waals surface area contributed by atoms with Crippen LogP contribution in [0.5, 0.6) is 0 Å². The second kappa shape index (κ2) is 6.61. The van der Waals surface area contributed by atoms with Crippen LogP contribution < -0.4 is 10.2 Å². The van der Waals surface area contributed by atoms with Crippen molar-refractivity contribution in [3.05, 3.63) is 89.0 Å². The van der Waals surface area contributed by atoms with Crippen molar-refractivity contribution in [2.45, 2.75) is 13.5 Å². The van der Waals surface area contributed by atoms with Gasteiger partial charge in [-0.15, -0.1) is 0 Å². The summed E-state index contributed by atoms with van der Waals surface area (Å²) < 4.78 is 0. The minimum Gasteiger partial charge on any atom is -0.478 e. The molecule has 0 fully saturated rings. The van der Waals surface area contributed by atoms with Crippen LogP contribution in [-0.4, -0.2) is 17.0 Å². The van der Waals surface area contributed by atoms with Crippen molar-refractivity contribution in [1.82, 2.24) is 0 Å². The van der Waals surface area contributed by atoms with Gasteiger partial charge in [-0.25, -0.2) is 4.79 Å². The van der Waals surface area contributed by atoms with Crippen LogP contribution in [-0.2, 0) is 6.54 Å². The number of carboxylic acids is 1. The lowest BCUT2D eigenvalue weighted by Crippen LogP contribution is -2.22. The van der Waals surface area contributed by atoms with Crippen LogP contribution in [0.15, 0.2) is 66.7 Å². The van der Waals surface area contributed by atoms with Gasteiger partial charge in [-0.1, -0.05) is 24.3 Å². The van der Waals surface area contributed by atoms with Gasteiger partial charge in [-0.2, -0.15) is 0 Å². The summed E-state index contributed by atoms with van der Waals surface area (Å²) in [5.74, 6) is -0.970. The number of carboxylic acid groups (broad SMARTS) is 1. The highest BCUT2D eigenvalue weighted by molar-refractivity contribution is 6.10. The van der Waals surface area contributed by atoms with E-state index < -0.39 is 5.97 Å². The highest BCUT2D eigenvalue weighted by atomic mass is 16.4. The number of carbonyl (C=O) groups excluding carboxylic acids is 1. The molecule has 1 aliphatic rings. The summed E-state index contributed by atoms with van der Waals surface area (Å²) in [6.07, 6.45) is 0. The number of benzene rings is 3. The van der Waals surface area contributed by atoms with Gasteiger partial charge in [0.2, 0.25) is 0 Å². The topological polar surface area (TPSA) is 69.6 Å². The third kappa shape index (κ3) is 3.15. The molecule has 0 saturated carbocycles. The van der Waals surface area contributed by atoms with E-state index in [4.69, 9.17) is 0 Å². The van der Waals surface area contributed by atoms with Crippen LogP contribution in [0, 0.1) is 6.92 Å². The Balaban J connectivity index is 1.62. The molecule has 134 valence electrons. The number of amides is 1. The zero-order chi connectivity index (χ0) is 19.0. The summed E-state index contributed by atoms with van der Waals surface area (Å²) in [4.78, 5) is 25.6. The van der Waals surface area contributed by atoms with Gasteiger partial charge in [0, 0.05) is 22.6 Å². The summed E-state index contributed by atoms with van der Waals surface area (Å²) in [7, 11) is 0. The van der Waals surface area contributed by atoms with Crippen molar-refractivity contribution in [2.75, 3.05) is 10.2 Å². The van der Waals surface area contributed by atoms with Crippen molar-refractivity contribution in [3.63, 3.8) is 0 Å². The van der Waals surface area contributed by atoms with Gasteiger partial charge in [-0.3, -0.25) is 4.79 Å². The molecular formula is C22H18N2O3. The van der Waals surface area contributed by atoms with Crippen LogP contribution in [0.1, 0.15) is 31.8 Å². The van der Waals surface area contributed by atoms with Gasteiger partial charge >= 0.3 is 5.97 Å². The number of rotatable bonds is 4. The van der Waals surface area contributed by atoms with E-state index >= 15 is 0 Å². The van der Waals surface area contributed by atoms with Gasteiger partial charge in [0.25, 0.3) is 5.91 Å². The molecular weight excluding hydrogens is 340 g/mol. The number of carbonyl (C=O) groups is 2. The molecule has 0 atom stereocenters. The standard InChI is InChI=1S/C22H18N2O3/c1-14-7-8-15(22(26)27)12-20(14)23-17-9-10-19-16(11-17)13-24(21(19)25)18-5-3-2-4-6-18/h2-12,23H,13H2,1H3,(H,26,27). The lowest BCUT2D eigenvalue weighted by Gasteiger charge is -2.15. The number of nitrogens with zero attached hydrogens (tertiary/aromatic N) is 1. The van der Waals surface area contributed by atoms with Crippen LogP contribution in [0.25, 0.3) is 0 Å². The van der Waals surface area contributed by atoms with Gasteiger partial charge < -0.3 is 15.3 Å². The SMILES string of the molecule is Cc1ccc(C(=O)O)cc1Nc1ccc2c(c1)CN(c1ccccc1)C2=O. The largest absolute Gasteiger partial charge is 0.478 e. The van der Waals surface area contributed by atoms with Crippen LogP contribution in [0.3, 0.4) is 0 Å². The smallest absolute Gasteiger partial charge is 0.335 e. The van der Waals surface area contributed by atoms with Gasteiger partial charge in [0.05, 0.1) is 12.1 Å². The lowest BCUT2D eigenvalue weighted by molar-refractivity contribution is 0.0696. The van der Waals surface area contributed by atoms with E-state index in [0.29, 0.717) is 12.1 Å². The Labute approximate surface area is 156 Å². The Kier molecular flexibility index (Phi) is 4.12. The predicted molar refractivity (Wildman–Crippen MR) is 105 cm³/mol. The number of aromatic carboxylic acids is 1. The third-order valence-electron chi connectivity index (χ3n) is 4.74. The first-order valence-electron chi connectivity index (χ1n) is 8.64. The first kappa shape index (κ1) is 16.8. The second-order valence-corrected chi connectivity index (χ2v) is 6.56. The molecule has 0 unspecified atom stereocenters. The lowest BCUT2D eigenvalue weighted by atomic mass is 10.1. The third-order valence-corrected chi connectivity index (χ3v) is 4.74. The number of fused-ring (bicyclic) bond motifs is 1. The Morgan fingerprint density at radius 2 is 1.81 bits per heavy atom. The average molecular weight is 358 g/mol. The van der Waals surface area contributed by atoms with Crippen LogP contribution >= 0.6 is 0 Å². The quantitative estimate of drug-likeness (QED) is 0.715. The molecule has 0 bridgehead atoms. The van der Waals surface area contributed by atoms with Gasteiger partial charge in [0.1, 0.15) is 0 Å². The molecule has 1 heterocycles. The Bertz CT molecular complexity index is 1040. The van der Waals surface area contributed by atoms with Crippen molar-refractivity contribution in [3.8, 4) is 0 Å². The van der Waals surface area contributed by atoms with Crippen molar-refractivity contribution >= 4 is 28.9 Å². The molecule has 3 aromatic rings. The number of anilines is 3. The molecule has 2 N–H and O–H groups in total. The summed E-state index contributed by atoms with van der Waals surface area (Å²) in [5, 5.41) is 12.5. The summed E-state index contributed by atoms with van der Waals surface area (Å²) >= 11 is 0. The molecule has 1 amide bonds. The zero-order valence-electron chi connectivity index (χ0n) is 14.8. The van der Waals surface area contributed by atoms with E-state index in [1.807, 2.05) is 55.5 Å². The minimum atomic E-state index is -0.962. The monoisotopic (exact) mass is 358 g/mol. The molecule has 0 saturated heterocycles. The van der Waals surface area contributed by atoms with Gasteiger partial charge in [0.15, 0.2) is 0 Å². The fourth-order valence-electron chi connectivity index (χ4n) is 3.26. The van der Waals surface area contributed by atoms with E-state index in [-0.39, 0.29) is 11.5 Å². The molecule has 0 aromatic heterocycles. The van der Waals surface area contributed by atoms with E-state index in [9.17, 15) is 14.7 Å². The highest BCUT2D eigenvalue weighted by Crippen LogP contribution is 2.31. The van der Waals surface area contributed by atoms with E-state index in [1.165, 1.54) is 0 Å². The molecule has 27 heavy (non-hydrogen) atoms. The number of aryl methyl sites for hydroxylation is 1. The van der Waals surface area contributed by atoms with Crippen molar-refractivity contribution in [2.24, 2.45) is 0 Å². The predicted octanol–water partition coefficient (Wildman–Crippen LogP) is 4.60. The van der Waals surface area contributed by atoms with Crippen LogP contribution in [0.2, 0.25) is 0 Å². The number of para-hydroxylation sites is 1. The van der Waals surface area contributed by atoms with Crippen molar-refractivity contribution < 1.29 is 14.7 Å². The first-order chi connectivity index (χ1) is 13.0. The van der Waals surface area contributed by atoms with Crippen molar-refractivity contribution in [1.29, 1.82) is 0 Å². The molecule has 5 heteroatoms. The molecule has 0 aliphatic carbocycles. The maximum Gasteiger partial charge on any atom is 0.335 e. The molecule has 0 radical (unpaired) electrons. The normalized spacial score (nSPS) is 12.8. The van der Waals surface area contributed by atoms with E-state index in [0.717, 1.165) is 28.2 Å². The summed E-state index contributed by atoms with van der Waals surface area (Å²) in [6, 6.07) is 20.2. The number of hydrogen-bond acceptors (Lipinski definition) is 3. The molecule has 1 aliphatic heterocycles. The molecule has 0 spiro atoms. The minimum absolute atomic E-state index is 0.00759. The Morgan fingerprint density at radius 1 is 1.04 bits per heavy atom. The fraction of sp³-hybridized carbons (Fsp3) is 0.0909. The Morgan fingerprint density at radius 3 is 2.56 bits per heavy atom. The maximum absolute atomic E-state index is 12.7. The number of hydrogen-bond donors (Lipinski definition) is 2. The number of nitrogens with one attached hydrogen (secondary N) is 1. The van der Waals surface area contributed by atoms with Gasteiger partial charge in [-0.05, 0) is 60.5 Å². The average Bonchev–Trinajstić information content (AvgIpc) is 3.00.